The summed E-state index contributed by atoms with van der Waals surface area (Å²) in [7, 11) is 0. The number of furan rings is 1. The van der Waals surface area contributed by atoms with Gasteiger partial charge in [0.2, 0.25) is 4.80 Å². The Morgan fingerprint density at radius 1 is 1.00 bits per heavy atom. The van der Waals surface area contributed by atoms with Crippen LogP contribution in [0.15, 0.2) is 105 Å². The maximum atomic E-state index is 11.1. The summed E-state index contributed by atoms with van der Waals surface area (Å²) in [6, 6.07) is 26.1. The van der Waals surface area contributed by atoms with Crippen LogP contribution in [0.3, 0.4) is 0 Å². The lowest BCUT2D eigenvalue weighted by molar-refractivity contribution is -0.384. The van der Waals surface area contributed by atoms with Crippen molar-refractivity contribution in [2.24, 2.45) is 10.1 Å². The van der Waals surface area contributed by atoms with Crippen molar-refractivity contribution in [2.75, 3.05) is 0 Å². The molecule has 0 bridgehead atoms. The minimum Gasteiger partial charge on any atom is -0.454 e. The lowest BCUT2D eigenvalue weighted by Crippen LogP contribution is -2.12. The van der Waals surface area contributed by atoms with Gasteiger partial charge in [-0.25, -0.2) is 4.68 Å². The molecule has 5 rings (SSSR count). The Morgan fingerprint density at radius 2 is 1.82 bits per heavy atom. The number of non-ortho nitro benzene ring substituents is 1. The molecule has 8 heteroatoms. The van der Waals surface area contributed by atoms with Crippen molar-refractivity contribution in [3.8, 4) is 11.5 Å². The molecule has 0 aliphatic rings. The highest BCUT2D eigenvalue weighted by Crippen LogP contribution is 2.28. The minimum absolute atomic E-state index is 0.0146. The third kappa shape index (κ3) is 4.51. The Labute approximate surface area is 192 Å². The molecule has 0 fully saturated rings. The van der Waals surface area contributed by atoms with E-state index in [2.05, 4.69) is 5.10 Å². The Morgan fingerprint density at radius 3 is 2.64 bits per heavy atom. The number of rotatable bonds is 6. The average molecular weight is 455 g/mol. The van der Waals surface area contributed by atoms with Gasteiger partial charge in [-0.3, -0.25) is 15.1 Å². The largest absolute Gasteiger partial charge is 0.454 e. The molecule has 7 nitrogen and oxygen atoms in total. The van der Waals surface area contributed by atoms with Gasteiger partial charge in [-0.05, 0) is 17.7 Å². The van der Waals surface area contributed by atoms with Gasteiger partial charge in [0, 0.05) is 28.5 Å². The lowest BCUT2D eigenvalue weighted by Gasteiger charge is -2.01. The highest BCUT2D eigenvalue weighted by molar-refractivity contribution is 7.07. The monoisotopic (exact) mass is 454 g/mol. The first kappa shape index (κ1) is 20.6. The summed E-state index contributed by atoms with van der Waals surface area (Å²) >= 11 is 1.46. The number of thiazole rings is 1. The molecule has 0 aliphatic heterocycles. The summed E-state index contributed by atoms with van der Waals surface area (Å²) in [5.74, 6) is 0.671. The molecule has 0 amide bonds. The van der Waals surface area contributed by atoms with Gasteiger partial charge in [0.1, 0.15) is 11.3 Å². The van der Waals surface area contributed by atoms with Crippen LogP contribution in [0.1, 0.15) is 11.1 Å². The summed E-state index contributed by atoms with van der Waals surface area (Å²) in [4.78, 5) is 16.1. The van der Waals surface area contributed by atoms with Crippen LogP contribution in [-0.4, -0.2) is 15.8 Å². The van der Waals surface area contributed by atoms with Crippen LogP contribution >= 0.6 is 11.3 Å². The number of aromatic nitrogens is 1. The summed E-state index contributed by atoms with van der Waals surface area (Å²) in [5.41, 5.74) is 3.26. The molecule has 0 saturated heterocycles. The van der Waals surface area contributed by atoms with Crippen LogP contribution in [0.4, 0.5) is 5.69 Å². The third-order valence-corrected chi connectivity index (χ3v) is 5.86. The second-order valence-corrected chi connectivity index (χ2v) is 8.10. The van der Waals surface area contributed by atoms with Crippen LogP contribution in [0.25, 0.3) is 22.4 Å². The van der Waals surface area contributed by atoms with Crippen molar-refractivity contribution in [1.82, 2.24) is 4.68 Å². The number of benzene rings is 3. The smallest absolute Gasteiger partial charge is 0.270 e. The fraction of sp³-hybridized carbons (Fsp3) is 0.0400. The minimum atomic E-state index is -0.421. The zero-order valence-electron chi connectivity index (χ0n) is 17.4. The summed E-state index contributed by atoms with van der Waals surface area (Å²) in [6.07, 6.45) is 1.59. The molecule has 2 heterocycles. The van der Waals surface area contributed by atoms with E-state index in [9.17, 15) is 10.1 Å². The van der Waals surface area contributed by atoms with Crippen molar-refractivity contribution < 1.29 is 9.34 Å². The van der Waals surface area contributed by atoms with Gasteiger partial charge in [0.15, 0.2) is 5.76 Å². The molecule has 3 aromatic carbocycles. The number of hydrogen-bond donors (Lipinski definition) is 0. The summed E-state index contributed by atoms with van der Waals surface area (Å²) in [5, 5.41) is 18.7. The first-order valence-corrected chi connectivity index (χ1v) is 11.1. The van der Waals surface area contributed by atoms with Crippen LogP contribution in [0.2, 0.25) is 0 Å². The van der Waals surface area contributed by atoms with Crippen LogP contribution < -0.4 is 4.80 Å². The van der Waals surface area contributed by atoms with E-state index in [0.717, 1.165) is 22.2 Å². The highest BCUT2D eigenvalue weighted by Gasteiger charge is 2.13. The van der Waals surface area contributed by atoms with Gasteiger partial charge in [-0.1, -0.05) is 60.7 Å². The number of hydrogen-bond acceptors (Lipinski definition) is 6. The van der Waals surface area contributed by atoms with E-state index >= 15 is 0 Å². The van der Waals surface area contributed by atoms with Gasteiger partial charge in [0.05, 0.1) is 17.7 Å². The molecule has 33 heavy (non-hydrogen) atoms. The lowest BCUT2D eigenvalue weighted by atomic mass is 10.2. The molecule has 0 atom stereocenters. The fourth-order valence-corrected chi connectivity index (χ4v) is 4.20. The molecule has 162 valence electrons. The maximum absolute atomic E-state index is 11.1. The Hall–Kier alpha value is -4.30. The second kappa shape index (κ2) is 9.05. The van der Waals surface area contributed by atoms with Gasteiger partial charge >= 0.3 is 0 Å². The SMILES string of the molecule is O=[N+]([O-])c1cccc(C=Nn2c(-c3cc4ccccc4o3)csc2=NCc2ccccc2)c1. The molecule has 0 saturated carbocycles. The molecule has 0 unspecified atom stereocenters. The Balaban J connectivity index is 1.58. The average Bonchev–Trinajstić information content (AvgIpc) is 3.46. The highest BCUT2D eigenvalue weighted by atomic mass is 32.1. The third-order valence-electron chi connectivity index (χ3n) is 5.01. The molecular weight excluding hydrogens is 436 g/mol. The normalized spacial score (nSPS) is 12.1. The van der Waals surface area contributed by atoms with Gasteiger partial charge in [-0.15, -0.1) is 11.3 Å². The molecular formula is C25H18N4O3S. The van der Waals surface area contributed by atoms with Crippen LogP contribution in [-0.2, 0) is 6.54 Å². The quantitative estimate of drug-likeness (QED) is 0.183. The van der Waals surface area contributed by atoms with E-state index in [1.165, 1.54) is 23.5 Å². The second-order valence-electron chi connectivity index (χ2n) is 7.26. The maximum Gasteiger partial charge on any atom is 0.270 e. The van der Waals surface area contributed by atoms with E-state index in [1.54, 1.807) is 23.0 Å². The molecule has 0 N–H and O–H groups in total. The molecule has 5 aromatic rings. The summed E-state index contributed by atoms with van der Waals surface area (Å²) in [6.45, 7) is 0.507. The fourth-order valence-electron chi connectivity index (χ4n) is 3.38. The first-order chi connectivity index (χ1) is 16.2. The van der Waals surface area contributed by atoms with E-state index in [1.807, 2.05) is 66.0 Å². The summed E-state index contributed by atoms with van der Waals surface area (Å²) < 4.78 is 7.77. The Bertz CT molecular complexity index is 1500. The zero-order chi connectivity index (χ0) is 22.6. The molecule has 0 spiro atoms. The van der Waals surface area contributed by atoms with Crippen molar-refractivity contribution >= 4 is 34.2 Å². The van der Waals surface area contributed by atoms with Gasteiger partial charge in [-0.2, -0.15) is 5.10 Å². The van der Waals surface area contributed by atoms with Crippen molar-refractivity contribution in [2.45, 2.75) is 6.54 Å². The topological polar surface area (TPSA) is 85.9 Å². The van der Waals surface area contributed by atoms with Crippen molar-refractivity contribution in [1.29, 1.82) is 0 Å². The van der Waals surface area contributed by atoms with Gasteiger partial charge in [0.25, 0.3) is 5.69 Å². The van der Waals surface area contributed by atoms with E-state index in [-0.39, 0.29) is 5.69 Å². The molecule has 2 aromatic heterocycles. The zero-order valence-corrected chi connectivity index (χ0v) is 18.2. The van der Waals surface area contributed by atoms with Crippen LogP contribution in [0, 0.1) is 10.1 Å². The van der Waals surface area contributed by atoms with Crippen molar-refractivity contribution in [3.05, 3.63) is 116 Å². The van der Waals surface area contributed by atoms with Crippen LogP contribution in [0.5, 0.6) is 0 Å². The van der Waals surface area contributed by atoms with E-state index < -0.39 is 4.92 Å². The van der Waals surface area contributed by atoms with Gasteiger partial charge < -0.3 is 4.42 Å². The van der Waals surface area contributed by atoms with E-state index in [4.69, 9.17) is 9.41 Å². The molecule has 0 radical (unpaired) electrons. The van der Waals surface area contributed by atoms with E-state index in [0.29, 0.717) is 22.7 Å². The number of fused-ring (bicyclic) bond motifs is 1. The predicted molar refractivity (Wildman–Crippen MR) is 129 cm³/mol. The number of nitro benzene ring substituents is 1. The number of nitrogens with zero attached hydrogens (tertiary/aromatic N) is 4. The van der Waals surface area contributed by atoms with Crippen molar-refractivity contribution in [3.63, 3.8) is 0 Å². The predicted octanol–water partition coefficient (Wildman–Crippen LogP) is 5.85. The first-order valence-electron chi connectivity index (χ1n) is 10.2. The Kier molecular flexibility index (Phi) is 5.65. The molecule has 0 aliphatic carbocycles. The standard InChI is InChI=1S/C25H18N4O3S/c30-29(31)21-11-6-9-19(13-21)16-27-28-22(24-14-20-10-4-5-12-23(20)32-24)17-33-25(28)26-15-18-7-2-1-3-8-18/h1-14,16-17H,15H2. The number of para-hydroxylation sites is 1. The number of nitro groups is 1.